The fourth-order valence-electron chi connectivity index (χ4n) is 2.16. The van der Waals surface area contributed by atoms with Crippen LogP contribution < -0.4 is 5.32 Å². The second-order valence-electron chi connectivity index (χ2n) is 4.52. The Morgan fingerprint density at radius 1 is 1.50 bits per heavy atom. The molecule has 88 valence electrons. The summed E-state index contributed by atoms with van der Waals surface area (Å²) in [6.07, 6.45) is 1.27. The van der Waals surface area contributed by atoms with Crippen molar-refractivity contribution in [1.82, 2.24) is 5.32 Å². The zero-order valence-corrected chi connectivity index (χ0v) is 11.3. The first-order chi connectivity index (χ1) is 7.65. The summed E-state index contributed by atoms with van der Waals surface area (Å²) in [6, 6.07) is 9.15. The van der Waals surface area contributed by atoms with Gasteiger partial charge in [0.05, 0.1) is 0 Å². The Morgan fingerprint density at radius 3 is 2.94 bits per heavy atom. The maximum absolute atomic E-state index is 6.00. The van der Waals surface area contributed by atoms with Gasteiger partial charge in [0.1, 0.15) is 0 Å². The second-order valence-corrected chi connectivity index (χ2v) is 6.43. The van der Waals surface area contributed by atoms with Crippen LogP contribution in [0, 0.1) is 0 Å². The molecule has 16 heavy (non-hydrogen) atoms. The largest absolute Gasteiger partial charge is 0.307 e. The van der Waals surface area contributed by atoms with Gasteiger partial charge in [-0.2, -0.15) is 11.8 Å². The van der Waals surface area contributed by atoms with E-state index in [-0.39, 0.29) is 0 Å². The quantitative estimate of drug-likeness (QED) is 0.880. The zero-order chi connectivity index (χ0) is 11.5. The van der Waals surface area contributed by atoms with Crippen LogP contribution >= 0.6 is 23.4 Å². The van der Waals surface area contributed by atoms with Crippen molar-refractivity contribution in [3.63, 3.8) is 0 Å². The monoisotopic (exact) mass is 255 g/mol. The van der Waals surface area contributed by atoms with Crippen molar-refractivity contribution in [1.29, 1.82) is 0 Å². The first-order valence-electron chi connectivity index (χ1n) is 5.78. The van der Waals surface area contributed by atoms with Crippen LogP contribution in [0.5, 0.6) is 0 Å². The van der Waals surface area contributed by atoms with Crippen LogP contribution in [0.15, 0.2) is 24.3 Å². The van der Waals surface area contributed by atoms with E-state index in [1.807, 2.05) is 18.2 Å². The molecule has 0 spiro atoms. The molecule has 1 aliphatic heterocycles. The van der Waals surface area contributed by atoms with Crippen LogP contribution in [-0.4, -0.2) is 17.0 Å². The maximum atomic E-state index is 6.00. The fraction of sp³-hybridized carbons (Fsp3) is 0.538. The minimum Gasteiger partial charge on any atom is -0.307 e. The standard InChI is InChI=1S/C13H18ClNS/c1-9-6-13(8-16-9)15-10(2)11-4-3-5-12(14)7-11/h3-5,7,9-10,13,15H,6,8H2,1-2H3. The lowest BCUT2D eigenvalue weighted by Crippen LogP contribution is -2.31. The molecule has 3 unspecified atom stereocenters. The van der Waals surface area contributed by atoms with E-state index in [1.54, 1.807) is 0 Å². The lowest BCUT2D eigenvalue weighted by molar-refractivity contribution is 0.474. The van der Waals surface area contributed by atoms with Crippen LogP contribution in [0.3, 0.4) is 0 Å². The van der Waals surface area contributed by atoms with Crippen molar-refractivity contribution in [2.75, 3.05) is 5.75 Å². The van der Waals surface area contributed by atoms with E-state index in [0.717, 1.165) is 10.3 Å². The molecule has 0 aromatic heterocycles. The first-order valence-corrected chi connectivity index (χ1v) is 7.21. The van der Waals surface area contributed by atoms with Gasteiger partial charge in [-0.25, -0.2) is 0 Å². The highest BCUT2D eigenvalue weighted by atomic mass is 35.5. The molecule has 3 atom stereocenters. The van der Waals surface area contributed by atoms with Crippen molar-refractivity contribution in [3.8, 4) is 0 Å². The van der Waals surface area contributed by atoms with E-state index < -0.39 is 0 Å². The van der Waals surface area contributed by atoms with Crippen LogP contribution in [0.2, 0.25) is 5.02 Å². The van der Waals surface area contributed by atoms with Crippen molar-refractivity contribution >= 4 is 23.4 Å². The summed E-state index contributed by atoms with van der Waals surface area (Å²) in [4.78, 5) is 0. The molecule has 1 heterocycles. The van der Waals surface area contributed by atoms with Gasteiger partial charge >= 0.3 is 0 Å². The minimum atomic E-state index is 0.384. The van der Waals surface area contributed by atoms with E-state index >= 15 is 0 Å². The van der Waals surface area contributed by atoms with Crippen LogP contribution in [0.4, 0.5) is 0 Å². The molecule has 1 aromatic carbocycles. The molecule has 1 aliphatic rings. The zero-order valence-electron chi connectivity index (χ0n) is 9.74. The van der Waals surface area contributed by atoms with Gasteiger partial charge in [0.15, 0.2) is 0 Å². The van der Waals surface area contributed by atoms with Gasteiger partial charge in [-0.1, -0.05) is 30.7 Å². The van der Waals surface area contributed by atoms with Gasteiger partial charge in [0.25, 0.3) is 0 Å². The number of nitrogens with one attached hydrogen (secondary N) is 1. The highest BCUT2D eigenvalue weighted by molar-refractivity contribution is 8.00. The third-order valence-corrected chi connectivity index (χ3v) is 4.62. The molecule has 3 heteroatoms. The molecular weight excluding hydrogens is 238 g/mol. The average Bonchev–Trinajstić information content (AvgIpc) is 2.64. The van der Waals surface area contributed by atoms with Crippen molar-refractivity contribution in [2.45, 2.75) is 37.6 Å². The number of halogens is 1. The summed E-state index contributed by atoms with van der Waals surface area (Å²) in [5.74, 6) is 1.23. The normalized spacial score (nSPS) is 26.9. The third kappa shape index (κ3) is 3.16. The van der Waals surface area contributed by atoms with Gasteiger partial charge in [-0.3, -0.25) is 0 Å². The SMILES string of the molecule is CC1CC(NC(C)c2cccc(Cl)c2)CS1. The molecule has 0 saturated carbocycles. The lowest BCUT2D eigenvalue weighted by Gasteiger charge is -2.19. The van der Waals surface area contributed by atoms with Crippen molar-refractivity contribution in [3.05, 3.63) is 34.9 Å². The molecule has 1 fully saturated rings. The lowest BCUT2D eigenvalue weighted by atomic mass is 10.1. The van der Waals surface area contributed by atoms with E-state index in [9.17, 15) is 0 Å². The molecular formula is C13H18ClNS. The highest BCUT2D eigenvalue weighted by Crippen LogP contribution is 2.28. The van der Waals surface area contributed by atoms with Crippen LogP contribution in [0.1, 0.15) is 31.9 Å². The van der Waals surface area contributed by atoms with Gasteiger partial charge in [0, 0.05) is 28.1 Å². The summed E-state index contributed by atoms with van der Waals surface area (Å²) in [5, 5.41) is 5.29. The Hall–Kier alpha value is -0.180. The van der Waals surface area contributed by atoms with Gasteiger partial charge in [-0.05, 0) is 31.0 Å². The molecule has 1 nitrogen and oxygen atoms in total. The minimum absolute atomic E-state index is 0.384. The Labute approximate surface area is 107 Å². The number of benzene rings is 1. The topological polar surface area (TPSA) is 12.0 Å². The van der Waals surface area contributed by atoms with Gasteiger partial charge < -0.3 is 5.32 Å². The smallest absolute Gasteiger partial charge is 0.0409 e. The molecule has 0 amide bonds. The summed E-state index contributed by atoms with van der Waals surface area (Å²) in [7, 11) is 0. The van der Waals surface area contributed by atoms with Crippen LogP contribution in [-0.2, 0) is 0 Å². The Kier molecular flexibility index (Phi) is 4.17. The maximum Gasteiger partial charge on any atom is 0.0409 e. The molecule has 0 aliphatic carbocycles. The summed E-state index contributed by atoms with van der Waals surface area (Å²) in [6.45, 7) is 4.51. The molecule has 0 bridgehead atoms. The summed E-state index contributed by atoms with van der Waals surface area (Å²) >= 11 is 8.05. The average molecular weight is 256 g/mol. The number of hydrogen-bond acceptors (Lipinski definition) is 2. The molecule has 1 N–H and O–H groups in total. The van der Waals surface area contributed by atoms with Crippen molar-refractivity contribution < 1.29 is 0 Å². The fourth-order valence-corrected chi connectivity index (χ4v) is 3.52. The predicted octanol–water partition coefficient (Wildman–Crippen LogP) is 3.88. The van der Waals surface area contributed by atoms with E-state index in [1.165, 1.54) is 17.7 Å². The summed E-state index contributed by atoms with van der Waals surface area (Å²) in [5.41, 5.74) is 1.28. The summed E-state index contributed by atoms with van der Waals surface area (Å²) < 4.78 is 0. The molecule has 1 aromatic rings. The first kappa shape index (κ1) is 12.3. The third-order valence-electron chi connectivity index (χ3n) is 3.03. The van der Waals surface area contributed by atoms with E-state index in [4.69, 9.17) is 11.6 Å². The Balaban J connectivity index is 1.95. The van der Waals surface area contributed by atoms with Crippen LogP contribution in [0.25, 0.3) is 0 Å². The molecule has 2 rings (SSSR count). The number of rotatable bonds is 3. The number of thioether (sulfide) groups is 1. The number of hydrogen-bond donors (Lipinski definition) is 1. The second kappa shape index (κ2) is 5.44. The highest BCUT2D eigenvalue weighted by Gasteiger charge is 2.23. The van der Waals surface area contributed by atoms with Gasteiger partial charge in [0.2, 0.25) is 0 Å². The Morgan fingerprint density at radius 2 is 2.31 bits per heavy atom. The Bertz CT molecular complexity index is 356. The van der Waals surface area contributed by atoms with Crippen molar-refractivity contribution in [2.24, 2.45) is 0 Å². The predicted molar refractivity (Wildman–Crippen MR) is 73.3 cm³/mol. The molecule has 1 saturated heterocycles. The van der Waals surface area contributed by atoms with E-state index in [2.05, 4.69) is 37.0 Å². The molecule has 0 radical (unpaired) electrons. The van der Waals surface area contributed by atoms with Gasteiger partial charge in [-0.15, -0.1) is 0 Å². The van der Waals surface area contributed by atoms with E-state index in [0.29, 0.717) is 12.1 Å².